The average Bonchev–Trinajstić information content (AvgIpc) is 3.25. The van der Waals surface area contributed by atoms with Gasteiger partial charge in [0.1, 0.15) is 6.54 Å². The third-order valence-electron chi connectivity index (χ3n) is 4.35. The molecule has 2 aromatic heterocycles. The van der Waals surface area contributed by atoms with Crippen molar-refractivity contribution < 1.29 is 22.8 Å². The number of halogens is 3. The van der Waals surface area contributed by atoms with E-state index in [2.05, 4.69) is 15.3 Å². The van der Waals surface area contributed by atoms with Gasteiger partial charge in [0, 0.05) is 49.3 Å². The summed E-state index contributed by atoms with van der Waals surface area (Å²) in [6.45, 7) is -1.11. The van der Waals surface area contributed by atoms with Crippen LogP contribution in [0.25, 0.3) is 11.3 Å². The fraction of sp³-hybridized carbons (Fsp3) is 0.444. The summed E-state index contributed by atoms with van der Waals surface area (Å²) < 4.78 is 37.3. The van der Waals surface area contributed by atoms with Crippen molar-refractivity contribution in [3.05, 3.63) is 34.9 Å². The van der Waals surface area contributed by atoms with Crippen molar-refractivity contribution in [2.45, 2.75) is 25.4 Å². The smallest absolute Gasteiger partial charge is 0.356 e. The van der Waals surface area contributed by atoms with Crippen LogP contribution in [-0.4, -0.2) is 52.5 Å². The highest BCUT2D eigenvalue weighted by molar-refractivity contribution is 7.09. The molecule has 1 aliphatic heterocycles. The predicted molar refractivity (Wildman–Crippen MR) is 97.4 cm³/mol. The number of aryl methyl sites for hydroxylation is 1. The Morgan fingerprint density at radius 3 is 2.79 bits per heavy atom. The van der Waals surface area contributed by atoms with E-state index in [4.69, 9.17) is 0 Å². The molecule has 0 aliphatic carbocycles. The minimum Gasteiger partial charge on any atom is -0.356 e. The summed E-state index contributed by atoms with van der Waals surface area (Å²) in [6, 6.07) is 3.76. The number of amides is 2. The van der Waals surface area contributed by atoms with E-state index in [1.807, 2.05) is 17.5 Å². The number of nitrogens with zero attached hydrogens (tertiary/aromatic N) is 3. The van der Waals surface area contributed by atoms with Crippen molar-refractivity contribution in [3.63, 3.8) is 0 Å². The maximum absolute atomic E-state index is 12.4. The first-order chi connectivity index (χ1) is 13.3. The van der Waals surface area contributed by atoms with Gasteiger partial charge >= 0.3 is 6.18 Å². The van der Waals surface area contributed by atoms with Crippen LogP contribution in [0.4, 0.5) is 13.2 Å². The van der Waals surface area contributed by atoms with Crippen molar-refractivity contribution in [3.8, 4) is 11.3 Å². The van der Waals surface area contributed by atoms with Gasteiger partial charge in [0.25, 0.3) is 0 Å². The fourth-order valence-corrected chi connectivity index (χ4v) is 3.84. The lowest BCUT2D eigenvalue weighted by Crippen LogP contribution is -2.37. The molecule has 2 aromatic rings. The van der Waals surface area contributed by atoms with Crippen molar-refractivity contribution in [2.24, 2.45) is 5.92 Å². The van der Waals surface area contributed by atoms with E-state index >= 15 is 0 Å². The van der Waals surface area contributed by atoms with E-state index in [0.717, 1.165) is 16.3 Å². The van der Waals surface area contributed by atoms with Gasteiger partial charge in [-0.05, 0) is 18.6 Å². The maximum atomic E-state index is 12.4. The second-order valence-electron chi connectivity index (χ2n) is 6.55. The van der Waals surface area contributed by atoms with Crippen molar-refractivity contribution in [2.75, 3.05) is 19.6 Å². The summed E-state index contributed by atoms with van der Waals surface area (Å²) in [6.07, 6.45) is 0.107. The molecule has 0 aromatic carbocycles. The number of carbonyl (C=O) groups is 2. The van der Waals surface area contributed by atoms with Gasteiger partial charge in [-0.3, -0.25) is 14.6 Å². The second-order valence-corrected chi connectivity index (χ2v) is 7.49. The molecule has 1 N–H and O–H groups in total. The normalized spacial score (nSPS) is 17.2. The molecule has 1 atom stereocenters. The molecule has 6 nitrogen and oxygen atoms in total. The van der Waals surface area contributed by atoms with E-state index in [-0.39, 0.29) is 18.9 Å². The number of aromatic nitrogens is 2. The zero-order chi connectivity index (χ0) is 20.1. The van der Waals surface area contributed by atoms with Gasteiger partial charge in [-0.15, -0.1) is 11.3 Å². The number of carbonyl (C=O) groups excluding carboxylic acids is 2. The van der Waals surface area contributed by atoms with Crippen molar-refractivity contribution in [1.82, 2.24) is 20.2 Å². The SMILES string of the molecule is O=C(NCCCc1nc(-c2ccncc2)cs1)C1CC(=O)N(CC(F)(F)F)C1. The molecule has 1 unspecified atom stereocenters. The largest absolute Gasteiger partial charge is 0.406 e. The number of nitrogens with one attached hydrogen (secondary N) is 1. The Labute approximate surface area is 163 Å². The highest BCUT2D eigenvalue weighted by Crippen LogP contribution is 2.24. The molecule has 3 heterocycles. The lowest BCUT2D eigenvalue weighted by molar-refractivity contribution is -0.157. The van der Waals surface area contributed by atoms with Crippen LogP contribution in [-0.2, 0) is 16.0 Å². The second kappa shape index (κ2) is 8.68. The highest BCUT2D eigenvalue weighted by atomic mass is 32.1. The third-order valence-corrected chi connectivity index (χ3v) is 5.26. The summed E-state index contributed by atoms with van der Waals surface area (Å²) in [7, 11) is 0. The summed E-state index contributed by atoms with van der Waals surface area (Å²) in [5.41, 5.74) is 1.86. The maximum Gasteiger partial charge on any atom is 0.406 e. The van der Waals surface area contributed by atoms with Gasteiger partial charge in [-0.1, -0.05) is 0 Å². The topological polar surface area (TPSA) is 75.2 Å². The lowest BCUT2D eigenvalue weighted by atomic mass is 10.1. The molecule has 0 saturated carbocycles. The summed E-state index contributed by atoms with van der Waals surface area (Å²) in [5, 5.41) is 5.61. The van der Waals surface area contributed by atoms with Crippen LogP contribution in [0, 0.1) is 5.92 Å². The van der Waals surface area contributed by atoms with Crippen LogP contribution in [0.3, 0.4) is 0 Å². The molecule has 1 saturated heterocycles. The Bertz CT molecular complexity index is 826. The van der Waals surface area contributed by atoms with E-state index in [0.29, 0.717) is 24.3 Å². The van der Waals surface area contributed by atoms with Crippen LogP contribution in [0.1, 0.15) is 17.8 Å². The molecule has 1 aliphatic rings. The molecular weight excluding hydrogens is 393 g/mol. The molecule has 3 rings (SSSR count). The fourth-order valence-electron chi connectivity index (χ4n) is 2.99. The Kier molecular flexibility index (Phi) is 6.28. The van der Waals surface area contributed by atoms with E-state index in [9.17, 15) is 22.8 Å². The average molecular weight is 412 g/mol. The number of likely N-dealkylation sites (tertiary alicyclic amines) is 1. The van der Waals surface area contributed by atoms with Gasteiger partial charge in [0.2, 0.25) is 11.8 Å². The van der Waals surface area contributed by atoms with Gasteiger partial charge in [0.15, 0.2) is 0 Å². The third kappa shape index (κ3) is 5.51. The Morgan fingerprint density at radius 2 is 2.07 bits per heavy atom. The van der Waals surface area contributed by atoms with Crippen LogP contribution < -0.4 is 5.32 Å². The minimum absolute atomic E-state index is 0.177. The van der Waals surface area contributed by atoms with Crippen LogP contribution in [0.5, 0.6) is 0 Å². The first-order valence-corrected chi connectivity index (χ1v) is 9.67. The quantitative estimate of drug-likeness (QED) is 0.710. The molecule has 150 valence electrons. The number of pyridine rings is 1. The molecule has 10 heteroatoms. The Hall–Kier alpha value is -2.49. The van der Waals surface area contributed by atoms with E-state index < -0.39 is 24.5 Å². The summed E-state index contributed by atoms with van der Waals surface area (Å²) >= 11 is 1.53. The Morgan fingerprint density at radius 1 is 1.32 bits per heavy atom. The molecule has 0 spiro atoms. The van der Waals surface area contributed by atoms with Gasteiger partial charge in [0.05, 0.1) is 16.6 Å². The molecule has 0 bridgehead atoms. The van der Waals surface area contributed by atoms with Crippen molar-refractivity contribution >= 4 is 23.2 Å². The number of hydrogen-bond donors (Lipinski definition) is 1. The monoisotopic (exact) mass is 412 g/mol. The van der Waals surface area contributed by atoms with Crippen LogP contribution in [0.2, 0.25) is 0 Å². The zero-order valence-electron chi connectivity index (χ0n) is 14.9. The van der Waals surface area contributed by atoms with E-state index in [1.54, 1.807) is 12.4 Å². The molecule has 1 fully saturated rings. The van der Waals surface area contributed by atoms with Gasteiger partial charge in [-0.2, -0.15) is 13.2 Å². The van der Waals surface area contributed by atoms with Gasteiger partial charge in [-0.25, -0.2) is 4.98 Å². The standard InChI is InChI=1S/C18H19F3N4O2S/c19-18(20,21)11-25-9-13(8-16(25)26)17(27)23-5-1-2-15-24-14(10-28-15)12-3-6-22-7-4-12/h3-4,6-7,10,13H,1-2,5,8-9,11H2,(H,23,27). The zero-order valence-corrected chi connectivity index (χ0v) is 15.7. The minimum atomic E-state index is -4.45. The van der Waals surface area contributed by atoms with E-state index in [1.165, 1.54) is 11.3 Å². The predicted octanol–water partition coefficient (Wildman–Crippen LogP) is 2.66. The number of hydrogen-bond acceptors (Lipinski definition) is 5. The van der Waals surface area contributed by atoms with Gasteiger partial charge < -0.3 is 10.2 Å². The number of rotatable bonds is 7. The number of alkyl halides is 3. The summed E-state index contributed by atoms with van der Waals surface area (Å²) in [5.74, 6) is -1.74. The number of thiazole rings is 1. The van der Waals surface area contributed by atoms with Crippen LogP contribution >= 0.6 is 11.3 Å². The molecular formula is C18H19F3N4O2S. The first-order valence-electron chi connectivity index (χ1n) is 8.79. The highest BCUT2D eigenvalue weighted by Gasteiger charge is 2.40. The van der Waals surface area contributed by atoms with Crippen LogP contribution in [0.15, 0.2) is 29.9 Å². The molecule has 0 radical (unpaired) electrons. The van der Waals surface area contributed by atoms with Crippen molar-refractivity contribution in [1.29, 1.82) is 0 Å². The molecule has 2 amide bonds. The lowest BCUT2D eigenvalue weighted by Gasteiger charge is -2.18. The molecule has 28 heavy (non-hydrogen) atoms. The first kappa shape index (κ1) is 20.2. The Balaban J connectivity index is 1.40. The summed E-state index contributed by atoms with van der Waals surface area (Å²) in [4.78, 5) is 33.0.